The Kier molecular flexibility index (Phi) is 4.52. The van der Waals surface area contributed by atoms with Crippen molar-refractivity contribution in [2.24, 2.45) is 0 Å². The maximum Gasteiger partial charge on any atom is 0.167 e. The van der Waals surface area contributed by atoms with E-state index in [-0.39, 0.29) is 12.4 Å². The molecule has 1 N–H and O–H groups in total. The minimum atomic E-state index is 0.0168. The van der Waals surface area contributed by atoms with Crippen molar-refractivity contribution in [3.05, 3.63) is 59.3 Å². The second-order valence-corrected chi connectivity index (χ2v) is 5.86. The first-order valence-electron chi connectivity index (χ1n) is 8.07. The molecule has 1 aliphatic carbocycles. The van der Waals surface area contributed by atoms with Crippen LogP contribution >= 0.6 is 0 Å². The molecule has 0 fully saturated rings. The van der Waals surface area contributed by atoms with Crippen LogP contribution in [0.25, 0.3) is 29.5 Å². The van der Waals surface area contributed by atoms with Crippen LogP contribution in [0, 0.1) is 0 Å². The second kappa shape index (κ2) is 6.75. The molecule has 0 bridgehead atoms. The summed E-state index contributed by atoms with van der Waals surface area (Å²) < 4.78 is 5.54. The van der Waals surface area contributed by atoms with Gasteiger partial charge in [0.2, 0.25) is 0 Å². The minimum absolute atomic E-state index is 0.0168. The van der Waals surface area contributed by atoms with Crippen molar-refractivity contribution in [3.8, 4) is 17.0 Å². The molecule has 3 heteroatoms. The summed E-state index contributed by atoms with van der Waals surface area (Å²) in [4.78, 5) is 14.6. The van der Waals surface area contributed by atoms with Crippen molar-refractivity contribution >= 4 is 24.0 Å². The predicted molar refractivity (Wildman–Crippen MR) is 99.9 cm³/mol. The van der Waals surface area contributed by atoms with E-state index in [4.69, 9.17) is 4.74 Å². The summed E-state index contributed by atoms with van der Waals surface area (Å²) in [7, 11) is 0. The highest BCUT2D eigenvalue weighted by atomic mass is 16.5. The van der Waals surface area contributed by atoms with E-state index in [0.29, 0.717) is 0 Å². The highest BCUT2D eigenvalue weighted by molar-refractivity contribution is 5.86. The number of ketones is 1. The van der Waals surface area contributed by atoms with E-state index >= 15 is 0 Å². The van der Waals surface area contributed by atoms with E-state index in [1.54, 1.807) is 0 Å². The highest BCUT2D eigenvalue weighted by Gasteiger charge is 2.18. The van der Waals surface area contributed by atoms with Crippen LogP contribution < -0.4 is 4.74 Å². The molecule has 1 heterocycles. The molecule has 1 aliphatic rings. The molecule has 1 aromatic heterocycles. The molecular formula is C21H21NO2. The fourth-order valence-corrected chi connectivity index (χ4v) is 3.00. The Hall–Kier alpha value is -2.81. The number of aromatic nitrogens is 1. The number of Topliss-reactive ketones (excluding diaryl/α,β-unsaturated/α-hetero) is 1. The number of aromatic amines is 1. The first-order valence-corrected chi connectivity index (χ1v) is 8.07. The molecule has 1 aromatic carbocycles. The van der Waals surface area contributed by atoms with E-state index in [2.05, 4.69) is 35.9 Å². The highest BCUT2D eigenvalue weighted by Crippen LogP contribution is 2.37. The van der Waals surface area contributed by atoms with Gasteiger partial charge in [0, 0.05) is 22.4 Å². The Morgan fingerprint density at radius 2 is 2.25 bits per heavy atom. The van der Waals surface area contributed by atoms with Crippen LogP contribution in [0.15, 0.2) is 36.9 Å². The average Bonchev–Trinajstić information content (AvgIpc) is 2.81. The molecule has 0 saturated heterocycles. The van der Waals surface area contributed by atoms with Gasteiger partial charge in [0.1, 0.15) is 12.4 Å². The Bertz CT molecular complexity index is 853. The summed E-state index contributed by atoms with van der Waals surface area (Å²) in [6, 6.07) is 5.99. The zero-order valence-corrected chi connectivity index (χ0v) is 14.1. The number of allylic oxidation sites excluding steroid dienone is 2. The van der Waals surface area contributed by atoms with Crippen molar-refractivity contribution < 1.29 is 9.53 Å². The molecule has 2 aromatic rings. The van der Waals surface area contributed by atoms with Crippen molar-refractivity contribution in [2.75, 3.05) is 6.61 Å². The SMILES string of the molecule is C=Cc1[nH]c2c(c1/C=C\C)C=CCc1cc(OCC(C)=O)ccc1-2. The molecular weight excluding hydrogens is 298 g/mol. The van der Waals surface area contributed by atoms with Gasteiger partial charge in [-0.05, 0) is 50.1 Å². The topological polar surface area (TPSA) is 42.1 Å². The van der Waals surface area contributed by atoms with Crippen LogP contribution in [0.2, 0.25) is 0 Å². The van der Waals surface area contributed by atoms with Crippen LogP contribution in [0.3, 0.4) is 0 Å². The molecule has 122 valence electrons. The molecule has 0 atom stereocenters. The van der Waals surface area contributed by atoms with E-state index < -0.39 is 0 Å². The molecule has 0 aliphatic heterocycles. The van der Waals surface area contributed by atoms with Crippen molar-refractivity contribution in [2.45, 2.75) is 20.3 Å². The number of fused-ring (bicyclic) bond motifs is 3. The summed E-state index contributed by atoms with van der Waals surface area (Å²) in [6.45, 7) is 7.55. The van der Waals surface area contributed by atoms with Gasteiger partial charge in [0.25, 0.3) is 0 Å². The van der Waals surface area contributed by atoms with Crippen LogP contribution in [0.1, 0.15) is 36.2 Å². The zero-order chi connectivity index (χ0) is 17.1. The summed E-state index contributed by atoms with van der Waals surface area (Å²) in [6.07, 6.45) is 11.1. The predicted octanol–water partition coefficient (Wildman–Crippen LogP) is 4.89. The monoisotopic (exact) mass is 319 g/mol. The van der Waals surface area contributed by atoms with Crippen LogP contribution in [-0.4, -0.2) is 17.4 Å². The third-order valence-corrected chi connectivity index (χ3v) is 4.06. The second-order valence-electron chi connectivity index (χ2n) is 5.86. The molecule has 3 rings (SSSR count). The third kappa shape index (κ3) is 2.98. The molecule has 0 radical (unpaired) electrons. The number of H-pyrrole nitrogens is 1. The van der Waals surface area contributed by atoms with Crippen LogP contribution in [0.5, 0.6) is 5.75 Å². The van der Waals surface area contributed by atoms with Gasteiger partial charge in [0.15, 0.2) is 5.78 Å². The van der Waals surface area contributed by atoms with Gasteiger partial charge in [-0.25, -0.2) is 0 Å². The quantitative estimate of drug-likeness (QED) is 0.852. The van der Waals surface area contributed by atoms with Gasteiger partial charge in [-0.1, -0.05) is 30.9 Å². The van der Waals surface area contributed by atoms with Crippen molar-refractivity contribution in [3.63, 3.8) is 0 Å². The van der Waals surface area contributed by atoms with E-state index in [9.17, 15) is 4.79 Å². The molecule has 3 nitrogen and oxygen atoms in total. The number of hydrogen-bond acceptors (Lipinski definition) is 2. The van der Waals surface area contributed by atoms with Crippen LogP contribution in [0.4, 0.5) is 0 Å². The molecule has 0 spiro atoms. The van der Waals surface area contributed by atoms with E-state index in [1.807, 2.05) is 31.2 Å². The molecule has 0 amide bonds. The normalized spacial score (nSPS) is 12.6. The van der Waals surface area contributed by atoms with Crippen molar-refractivity contribution in [1.29, 1.82) is 0 Å². The molecule has 24 heavy (non-hydrogen) atoms. The lowest BCUT2D eigenvalue weighted by Gasteiger charge is -2.10. The maximum atomic E-state index is 11.1. The van der Waals surface area contributed by atoms with Gasteiger partial charge >= 0.3 is 0 Å². The van der Waals surface area contributed by atoms with Gasteiger partial charge in [-0.3, -0.25) is 4.79 Å². The van der Waals surface area contributed by atoms with E-state index in [1.165, 1.54) is 18.1 Å². The Morgan fingerprint density at radius 1 is 1.42 bits per heavy atom. The summed E-state index contributed by atoms with van der Waals surface area (Å²) in [5.41, 5.74) is 6.79. The Balaban J connectivity index is 2.08. The lowest BCUT2D eigenvalue weighted by molar-refractivity contribution is -0.118. The van der Waals surface area contributed by atoms with Gasteiger partial charge < -0.3 is 9.72 Å². The number of carbonyl (C=O) groups is 1. The lowest BCUT2D eigenvalue weighted by atomic mass is 10.0. The summed E-state index contributed by atoms with van der Waals surface area (Å²) in [5.74, 6) is 0.744. The largest absolute Gasteiger partial charge is 0.486 e. The van der Waals surface area contributed by atoms with Gasteiger partial charge in [-0.15, -0.1) is 0 Å². The standard InChI is InChI=1S/C21H21NO2/c1-4-7-18-19-9-6-8-15-12-16(24-13-14(3)23)10-11-17(15)21(19)22-20(18)5-2/h4-7,9-12,22H,2,8,13H2,1,3H3/b7-4-. The first-order chi connectivity index (χ1) is 11.6. The van der Waals surface area contributed by atoms with Gasteiger partial charge in [0.05, 0.1) is 5.69 Å². The van der Waals surface area contributed by atoms with Crippen molar-refractivity contribution in [1.82, 2.24) is 4.98 Å². The smallest absolute Gasteiger partial charge is 0.167 e. The number of hydrogen-bond donors (Lipinski definition) is 1. The summed E-state index contributed by atoms with van der Waals surface area (Å²) in [5, 5.41) is 0. The number of carbonyl (C=O) groups excluding carboxylic acids is 1. The fourth-order valence-electron chi connectivity index (χ4n) is 3.00. The minimum Gasteiger partial charge on any atom is -0.486 e. The maximum absolute atomic E-state index is 11.1. The van der Waals surface area contributed by atoms with Gasteiger partial charge in [-0.2, -0.15) is 0 Å². The number of nitrogens with one attached hydrogen (secondary N) is 1. The zero-order valence-electron chi connectivity index (χ0n) is 14.1. The molecule has 0 unspecified atom stereocenters. The third-order valence-electron chi connectivity index (χ3n) is 4.06. The molecule has 0 saturated carbocycles. The number of rotatable bonds is 5. The number of benzene rings is 1. The Labute approximate surface area is 142 Å². The Morgan fingerprint density at radius 3 is 2.96 bits per heavy atom. The van der Waals surface area contributed by atoms with Crippen LogP contribution in [-0.2, 0) is 11.2 Å². The average molecular weight is 319 g/mol. The number of ether oxygens (including phenoxy) is 1. The lowest BCUT2D eigenvalue weighted by Crippen LogP contribution is -2.06. The summed E-state index contributed by atoms with van der Waals surface area (Å²) >= 11 is 0. The van der Waals surface area contributed by atoms with E-state index in [0.717, 1.165) is 34.7 Å². The first kappa shape index (κ1) is 16.1. The fraction of sp³-hybridized carbons (Fsp3) is 0.190.